The monoisotopic (exact) mass is 242 g/mol. The van der Waals surface area contributed by atoms with Gasteiger partial charge in [0.2, 0.25) is 0 Å². The summed E-state index contributed by atoms with van der Waals surface area (Å²) in [6.45, 7) is 3.85. The van der Waals surface area contributed by atoms with Gasteiger partial charge in [0.25, 0.3) is 0 Å². The third-order valence-electron chi connectivity index (χ3n) is 2.57. The van der Waals surface area contributed by atoms with Crippen molar-refractivity contribution >= 4 is 5.97 Å². The van der Waals surface area contributed by atoms with Crippen LogP contribution in [0.4, 0.5) is 8.78 Å². The van der Waals surface area contributed by atoms with Gasteiger partial charge < -0.3 is 5.11 Å². The van der Waals surface area contributed by atoms with Crippen LogP contribution in [-0.2, 0) is 4.79 Å². The summed E-state index contributed by atoms with van der Waals surface area (Å²) in [5, 5.41) is 8.80. The van der Waals surface area contributed by atoms with Crippen molar-refractivity contribution in [3.05, 3.63) is 35.4 Å². The molecule has 0 fully saturated rings. The largest absolute Gasteiger partial charge is 0.481 e. The summed E-state index contributed by atoms with van der Waals surface area (Å²) >= 11 is 0. The highest BCUT2D eigenvalue weighted by Gasteiger charge is 2.20. The zero-order valence-electron chi connectivity index (χ0n) is 9.91. The Morgan fingerprint density at radius 3 is 2.53 bits per heavy atom. The fraction of sp³-hybridized carbons (Fsp3) is 0.462. The number of carboxylic acids is 1. The van der Waals surface area contributed by atoms with Crippen LogP contribution in [-0.4, -0.2) is 11.1 Å². The molecule has 0 aliphatic carbocycles. The van der Waals surface area contributed by atoms with Crippen LogP contribution in [0.25, 0.3) is 0 Å². The van der Waals surface area contributed by atoms with Crippen molar-refractivity contribution in [3.8, 4) is 0 Å². The summed E-state index contributed by atoms with van der Waals surface area (Å²) in [5.41, 5.74) is 0.154. The third kappa shape index (κ3) is 4.13. The lowest BCUT2D eigenvalue weighted by Crippen LogP contribution is -2.11. The molecule has 0 radical (unpaired) electrons. The maximum Gasteiger partial charge on any atom is 0.303 e. The molecule has 0 aromatic heterocycles. The van der Waals surface area contributed by atoms with Crippen LogP contribution in [0.15, 0.2) is 18.2 Å². The molecule has 4 heteroatoms. The van der Waals surface area contributed by atoms with Crippen LogP contribution in [0.3, 0.4) is 0 Å². The molecule has 94 valence electrons. The van der Waals surface area contributed by atoms with E-state index >= 15 is 0 Å². The van der Waals surface area contributed by atoms with E-state index in [9.17, 15) is 13.6 Å². The number of aliphatic carboxylic acids is 1. The Morgan fingerprint density at radius 1 is 1.35 bits per heavy atom. The SMILES string of the molecule is CC(C)CC(CC(=O)O)c1cc(F)ccc1F. The molecule has 1 aromatic carbocycles. The van der Waals surface area contributed by atoms with E-state index < -0.39 is 23.5 Å². The van der Waals surface area contributed by atoms with Crippen molar-refractivity contribution in [1.29, 1.82) is 0 Å². The molecule has 0 bridgehead atoms. The maximum atomic E-state index is 13.6. The molecule has 0 saturated carbocycles. The molecule has 17 heavy (non-hydrogen) atoms. The molecule has 0 amide bonds. The van der Waals surface area contributed by atoms with Gasteiger partial charge in [-0.05, 0) is 42.0 Å². The highest BCUT2D eigenvalue weighted by molar-refractivity contribution is 5.68. The molecule has 1 aromatic rings. The molecule has 2 nitrogen and oxygen atoms in total. The van der Waals surface area contributed by atoms with Crippen LogP contribution >= 0.6 is 0 Å². The minimum atomic E-state index is -1.00. The number of hydrogen-bond acceptors (Lipinski definition) is 1. The summed E-state index contributed by atoms with van der Waals surface area (Å²) in [7, 11) is 0. The van der Waals surface area contributed by atoms with Gasteiger partial charge in [-0.2, -0.15) is 0 Å². The Balaban J connectivity index is 3.02. The molecule has 1 unspecified atom stereocenters. The summed E-state index contributed by atoms with van der Waals surface area (Å²) < 4.78 is 26.6. The van der Waals surface area contributed by atoms with Gasteiger partial charge in [-0.1, -0.05) is 13.8 Å². The van der Waals surface area contributed by atoms with Crippen molar-refractivity contribution in [2.45, 2.75) is 32.6 Å². The molecule has 1 rings (SSSR count). The summed E-state index contributed by atoms with van der Waals surface area (Å²) in [6, 6.07) is 3.16. The smallest absolute Gasteiger partial charge is 0.303 e. The average Bonchev–Trinajstić information content (AvgIpc) is 2.19. The maximum absolute atomic E-state index is 13.6. The highest BCUT2D eigenvalue weighted by Crippen LogP contribution is 2.29. The number of benzene rings is 1. The fourth-order valence-corrected chi connectivity index (χ4v) is 1.93. The predicted octanol–water partition coefficient (Wildman–Crippen LogP) is 3.57. The number of hydrogen-bond donors (Lipinski definition) is 1. The number of halogens is 2. The Bertz CT molecular complexity index is 402. The van der Waals surface area contributed by atoms with Crippen molar-refractivity contribution < 1.29 is 18.7 Å². The first kappa shape index (κ1) is 13.6. The van der Waals surface area contributed by atoms with Gasteiger partial charge in [-0.25, -0.2) is 8.78 Å². The van der Waals surface area contributed by atoms with Crippen molar-refractivity contribution in [2.24, 2.45) is 5.92 Å². The number of carbonyl (C=O) groups is 1. The molecule has 0 spiro atoms. The van der Waals surface area contributed by atoms with Crippen LogP contribution in [0.2, 0.25) is 0 Å². The second-order valence-corrected chi connectivity index (χ2v) is 4.59. The lowest BCUT2D eigenvalue weighted by atomic mass is 9.87. The second-order valence-electron chi connectivity index (χ2n) is 4.59. The third-order valence-corrected chi connectivity index (χ3v) is 2.57. The van der Waals surface area contributed by atoms with Gasteiger partial charge >= 0.3 is 5.97 Å². The molecule has 1 N–H and O–H groups in total. The van der Waals surface area contributed by atoms with Gasteiger partial charge in [0.05, 0.1) is 6.42 Å². The van der Waals surface area contributed by atoms with Crippen molar-refractivity contribution in [2.75, 3.05) is 0 Å². The molecule has 0 heterocycles. The van der Waals surface area contributed by atoms with Crippen molar-refractivity contribution in [1.82, 2.24) is 0 Å². The molecule has 0 aliphatic heterocycles. The van der Waals surface area contributed by atoms with E-state index in [0.717, 1.165) is 18.2 Å². The lowest BCUT2D eigenvalue weighted by molar-refractivity contribution is -0.137. The van der Waals surface area contributed by atoms with Crippen molar-refractivity contribution in [3.63, 3.8) is 0 Å². The Labute approximate surface area is 99.3 Å². The molecular formula is C13H16F2O2. The number of carboxylic acid groups (broad SMARTS) is 1. The normalized spacial score (nSPS) is 12.8. The zero-order valence-corrected chi connectivity index (χ0v) is 9.91. The van der Waals surface area contributed by atoms with Gasteiger partial charge in [-0.3, -0.25) is 4.79 Å². The Kier molecular flexibility index (Phi) is 4.61. The van der Waals surface area contributed by atoms with Gasteiger partial charge in [0.15, 0.2) is 0 Å². The fourth-order valence-electron chi connectivity index (χ4n) is 1.93. The van der Waals surface area contributed by atoms with E-state index in [0.29, 0.717) is 6.42 Å². The van der Waals surface area contributed by atoms with E-state index in [4.69, 9.17) is 5.11 Å². The molecule has 0 saturated heterocycles. The molecular weight excluding hydrogens is 226 g/mol. The first-order chi connectivity index (χ1) is 7.90. The highest BCUT2D eigenvalue weighted by atomic mass is 19.1. The summed E-state index contributed by atoms with van der Waals surface area (Å²) in [6.07, 6.45) is 0.339. The lowest BCUT2D eigenvalue weighted by Gasteiger charge is -2.18. The van der Waals surface area contributed by atoms with Crippen LogP contribution in [0, 0.1) is 17.6 Å². The van der Waals surface area contributed by atoms with E-state index in [1.54, 1.807) is 0 Å². The summed E-state index contributed by atoms with van der Waals surface area (Å²) in [4.78, 5) is 10.7. The van der Waals surface area contributed by atoms with Gasteiger partial charge in [-0.15, -0.1) is 0 Å². The minimum Gasteiger partial charge on any atom is -0.481 e. The van der Waals surface area contributed by atoms with Gasteiger partial charge in [0, 0.05) is 0 Å². The van der Waals surface area contributed by atoms with E-state index in [1.807, 2.05) is 13.8 Å². The predicted molar refractivity (Wildman–Crippen MR) is 60.8 cm³/mol. The molecule has 0 aliphatic rings. The quantitative estimate of drug-likeness (QED) is 0.857. The van der Waals surface area contributed by atoms with E-state index in [2.05, 4.69) is 0 Å². The van der Waals surface area contributed by atoms with E-state index in [-0.39, 0.29) is 17.9 Å². The standard InChI is InChI=1S/C13H16F2O2/c1-8(2)5-9(6-13(16)17)11-7-10(14)3-4-12(11)15/h3-4,7-9H,5-6H2,1-2H3,(H,16,17). The zero-order chi connectivity index (χ0) is 13.0. The Morgan fingerprint density at radius 2 is 2.00 bits per heavy atom. The van der Waals surface area contributed by atoms with E-state index in [1.165, 1.54) is 0 Å². The molecule has 1 atom stereocenters. The second kappa shape index (κ2) is 5.75. The minimum absolute atomic E-state index is 0.154. The summed E-state index contributed by atoms with van der Waals surface area (Å²) in [5.74, 6) is -2.34. The topological polar surface area (TPSA) is 37.3 Å². The van der Waals surface area contributed by atoms with Crippen LogP contribution < -0.4 is 0 Å². The first-order valence-corrected chi connectivity index (χ1v) is 5.57. The number of rotatable bonds is 5. The van der Waals surface area contributed by atoms with Crippen LogP contribution in [0.5, 0.6) is 0 Å². The van der Waals surface area contributed by atoms with Gasteiger partial charge in [0.1, 0.15) is 11.6 Å². The average molecular weight is 242 g/mol. The Hall–Kier alpha value is -1.45. The first-order valence-electron chi connectivity index (χ1n) is 5.57. The van der Waals surface area contributed by atoms with Crippen LogP contribution in [0.1, 0.15) is 38.2 Å².